The summed E-state index contributed by atoms with van der Waals surface area (Å²) in [6.07, 6.45) is 0.829. The van der Waals surface area contributed by atoms with Gasteiger partial charge in [-0.05, 0) is 35.4 Å². The summed E-state index contributed by atoms with van der Waals surface area (Å²) in [7, 11) is 1.67. The van der Waals surface area contributed by atoms with Gasteiger partial charge in [0.25, 0.3) is 0 Å². The molecule has 3 rings (SSSR count). The summed E-state index contributed by atoms with van der Waals surface area (Å²) in [5.41, 5.74) is 2.94. The first-order valence-electron chi connectivity index (χ1n) is 7.76. The smallest absolute Gasteiger partial charge is 0.352 e. The molecule has 0 atom stereocenters. The van der Waals surface area contributed by atoms with Crippen LogP contribution in [0.4, 0.5) is 0 Å². The van der Waals surface area contributed by atoms with Crippen molar-refractivity contribution in [1.29, 1.82) is 0 Å². The average molecular weight is 325 g/mol. The molecule has 0 unspecified atom stereocenters. The molecule has 24 heavy (non-hydrogen) atoms. The fourth-order valence-corrected chi connectivity index (χ4v) is 2.67. The van der Waals surface area contributed by atoms with Crippen molar-refractivity contribution in [2.24, 2.45) is 0 Å². The zero-order valence-electron chi connectivity index (χ0n) is 13.4. The van der Waals surface area contributed by atoms with E-state index in [9.17, 15) is 9.90 Å². The van der Waals surface area contributed by atoms with Gasteiger partial charge in [-0.15, -0.1) is 0 Å². The second kappa shape index (κ2) is 7.19. The normalized spacial score (nSPS) is 10.9. The van der Waals surface area contributed by atoms with E-state index in [1.165, 1.54) is 0 Å². The van der Waals surface area contributed by atoms with Crippen LogP contribution in [0.25, 0.3) is 22.0 Å². The maximum atomic E-state index is 11.2. The van der Waals surface area contributed by atoms with Gasteiger partial charge in [0.15, 0.2) is 0 Å². The van der Waals surface area contributed by atoms with E-state index in [2.05, 4.69) is 4.98 Å². The Bertz CT molecular complexity index is 853. The lowest BCUT2D eigenvalue weighted by molar-refractivity contribution is 0.0691. The van der Waals surface area contributed by atoms with Crippen LogP contribution in [0.2, 0.25) is 0 Å². The summed E-state index contributed by atoms with van der Waals surface area (Å²) in [6, 6.07) is 15.2. The molecule has 0 aliphatic heterocycles. The minimum Gasteiger partial charge on any atom is -0.493 e. The number of carboxylic acid groups (broad SMARTS) is 1. The Kier molecular flexibility index (Phi) is 4.82. The van der Waals surface area contributed by atoms with Crippen molar-refractivity contribution in [3.8, 4) is 16.9 Å². The van der Waals surface area contributed by atoms with Gasteiger partial charge in [0.05, 0.1) is 6.61 Å². The van der Waals surface area contributed by atoms with Crippen molar-refractivity contribution in [3.63, 3.8) is 0 Å². The molecule has 1 heterocycles. The molecular formula is C19H19NO4. The molecule has 0 bridgehead atoms. The first-order valence-corrected chi connectivity index (χ1v) is 7.76. The van der Waals surface area contributed by atoms with Gasteiger partial charge in [0.2, 0.25) is 0 Å². The molecule has 5 nitrogen and oxygen atoms in total. The number of nitrogens with one attached hydrogen (secondary N) is 1. The highest BCUT2D eigenvalue weighted by Gasteiger charge is 2.11. The van der Waals surface area contributed by atoms with Crippen LogP contribution < -0.4 is 4.74 Å². The standard InChI is InChI=1S/C19H19NO4/c1-23-9-4-10-24-14-6-2-5-13(11-14)15-7-3-8-17-16(15)12-18(20-17)19(21)22/h2-3,5-8,11-12,20H,4,9-10H2,1H3,(H,21,22). The third-order valence-electron chi connectivity index (χ3n) is 3.80. The molecule has 5 heteroatoms. The van der Waals surface area contributed by atoms with E-state index in [4.69, 9.17) is 9.47 Å². The number of methoxy groups -OCH3 is 1. The number of carbonyl (C=O) groups is 1. The van der Waals surface area contributed by atoms with Gasteiger partial charge in [0.1, 0.15) is 11.4 Å². The molecule has 0 saturated carbocycles. The van der Waals surface area contributed by atoms with Gasteiger partial charge < -0.3 is 19.6 Å². The number of aromatic carboxylic acids is 1. The van der Waals surface area contributed by atoms with Gasteiger partial charge in [-0.3, -0.25) is 0 Å². The van der Waals surface area contributed by atoms with E-state index < -0.39 is 5.97 Å². The Morgan fingerprint density at radius 2 is 1.96 bits per heavy atom. The van der Waals surface area contributed by atoms with Gasteiger partial charge in [-0.25, -0.2) is 4.79 Å². The van der Waals surface area contributed by atoms with E-state index in [-0.39, 0.29) is 5.69 Å². The summed E-state index contributed by atoms with van der Waals surface area (Å²) in [5, 5.41) is 10.1. The van der Waals surface area contributed by atoms with Crippen molar-refractivity contribution < 1.29 is 19.4 Å². The molecule has 124 valence electrons. The fourth-order valence-electron chi connectivity index (χ4n) is 2.67. The summed E-state index contributed by atoms with van der Waals surface area (Å²) in [4.78, 5) is 14.1. The van der Waals surface area contributed by atoms with Crippen LogP contribution in [0.1, 0.15) is 16.9 Å². The molecule has 2 aromatic carbocycles. The maximum Gasteiger partial charge on any atom is 0.352 e. The molecule has 0 amide bonds. The molecular weight excluding hydrogens is 306 g/mol. The van der Waals surface area contributed by atoms with Crippen molar-refractivity contribution in [2.75, 3.05) is 20.3 Å². The zero-order valence-corrected chi connectivity index (χ0v) is 13.4. The molecule has 1 aromatic heterocycles. The van der Waals surface area contributed by atoms with E-state index in [0.29, 0.717) is 13.2 Å². The lowest BCUT2D eigenvalue weighted by Gasteiger charge is -2.09. The number of rotatable bonds is 7. The van der Waals surface area contributed by atoms with E-state index in [0.717, 1.165) is 34.2 Å². The molecule has 0 aliphatic carbocycles. The van der Waals surface area contributed by atoms with E-state index in [1.807, 2.05) is 42.5 Å². The number of aromatic nitrogens is 1. The minimum atomic E-state index is -0.965. The van der Waals surface area contributed by atoms with Crippen LogP contribution in [0.3, 0.4) is 0 Å². The van der Waals surface area contributed by atoms with E-state index in [1.54, 1.807) is 13.2 Å². The third kappa shape index (κ3) is 3.41. The Hall–Kier alpha value is -2.79. The number of benzene rings is 2. The van der Waals surface area contributed by atoms with Crippen LogP contribution >= 0.6 is 0 Å². The highest BCUT2D eigenvalue weighted by molar-refractivity contribution is 6.00. The molecule has 0 aliphatic rings. The predicted molar refractivity (Wildman–Crippen MR) is 92.7 cm³/mol. The summed E-state index contributed by atoms with van der Waals surface area (Å²) >= 11 is 0. The number of aromatic amines is 1. The van der Waals surface area contributed by atoms with Gasteiger partial charge in [-0.1, -0.05) is 24.3 Å². The van der Waals surface area contributed by atoms with Crippen molar-refractivity contribution in [1.82, 2.24) is 4.98 Å². The number of carboxylic acids is 1. The second-order valence-electron chi connectivity index (χ2n) is 5.48. The first kappa shape index (κ1) is 16.1. The SMILES string of the molecule is COCCCOc1cccc(-c2cccc3[nH]c(C(=O)O)cc23)c1. The number of H-pyrrole nitrogens is 1. The largest absolute Gasteiger partial charge is 0.493 e. The van der Waals surface area contributed by atoms with Crippen LogP contribution in [-0.2, 0) is 4.74 Å². The first-order chi connectivity index (χ1) is 11.7. The van der Waals surface area contributed by atoms with Crippen LogP contribution in [0, 0.1) is 0 Å². The summed E-state index contributed by atoms with van der Waals surface area (Å²) < 4.78 is 10.8. The summed E-state index contributed by atoms with van der Waals surface area (Å²) in [6.45, 7) is 1.26. The number of ether oxygens (including phenoxy) is 2. The monoisotopic (exact) mass is 325 g/mol. The Morgan fingerprint density at radius 3 is 2.75 bits per heavy atom. The lowest BCUT2D eigenvalue weighted by Crippen LogP contribution is -2.01. The topological polar surface area (TPSA) is 71.5 Å². The lowest BCUT2D eigenvalue weighted by atomic mass is 10.0. The predicted octanol–water partition coefficient (Wildman–Crippen LogP) is 3.95. The molecule has 0 saturated heterocycles. The Morgan fingerprint density at radius 1 is 1.12 bits per heavy atom. The fraction of sp³-hybridized carbons (Fsp3) is 0.211. The van der Waals surface area contributed by atoms with E-state index >= 15 is 0 Å². The second-order valence-corrected chi connectivity index (χ2v) is 5.48. The average Bonchev–Trinajstić information content (AvgIpc) is 3.03. The summed E-state index contributed by atoms with van der Waals surface area (Å²) in [5.74, 6) is -0.179. The highest BCUT2D eigenvalue weighted by atomic mass is 16.5. The minimum absolute atomic E-state index is 0.185. The molecule has 0 radical (unpaired) electrons. The van der Waals surface area contributed by atoms with Crippen LogP contribution in [0.15, 0.2) is 48.5 Å². The van der Waals surface area contributed by atoms with Crippen LogP contribution in [0.5, 0.6) is 5.75 Å². The third-order valence-corrected chi connectivity index (χ3v) is 3.80. The Balaban J connectivity index is 1.91. The number of hydrogen-bond acceptors (Lipinski definition) is 3. The van der Waals surface area contributed by atoms with Crippen molar-refractivity contribution in [2.45, 2.75) is 6.42 Å². The number of hydrogen-bond donors (Lipinski definition) is 2. The number of fused-ring (bicyclic) bond motifs is 1. The highest BCUT2D eigenvalue weighted by Crippen LogP contribution is 2.31. The molecule has 0 spiro atoms. The molecule has 0 fully saturated rings. The maximum absolute atomic E-state index is 11.2. The Labute approximate surface area is 139 Å². The van der Waals surface area contributed by atoms with Gasteiger partial charge in [0, 0.05) is 31.0 Å². The van der Waals surface area contributed by atoms with Gasteiger partial charge >= 0.3 is 5.97 Å². The molecule has 3 aromatic rings. The van der Waals surface area contributed by atoms with Crippen molar-refractivity contribution >= 4 is 16.9 Å². The van der Waals surface area contributed by atoms with Crippen molar-refractivity contribution in [3.05, 3.63) is 54.2 Å². The van der Waals surface area contributed by atoms with Gasteiger partial charge in [-0.2, -0.15) is 0 Å². The van der Waals surface area contributed by atoms with Crippen LogP contribution in [-0.4, -0.2) is 36.4 Å². The quantitative estimate of drug-likeness (QED) is 0.645. The molecule has 2 N–H and O–H groups in total. The zero-order chi connectivity index (χ0) is 16.9.